The van der Waals surface area contributed by atoms with Crippen molar-refractivity contribution in [1.82, 2.24) is 14.9 Å². The van der Waals surface area contributed by atoms with Gasteiger partial charge in [-0.15, -0.1) is 0 Å². The number of aryl methyl sites for hydroxylation is 1. The molecule has 0 aliphatic carbocycles. The summed E-state index contributed by atoms with van der Waals surface area (Å²) in [6, 6.07) is 14.0. The summed E-state index contributed by atoms with van der Waals surface area (Å²) < 4.78 is 1.61. The molecule has 0 spiro atoms. The summed E-state index contributed by atoms with van der Waals surface area (Å²) in [7, 11) is 0. The van der Waals surface area contributed by atoms with Crippen molar-refractivity contribution in [2.75, 3.05) is 0 Å². The van der Waals surface area contributed by atoms with Gasteiger partial charge in [0.1, 0.15) is 6.04 Å². The first-order chi connectivity index (χ1) is 16.8. The molecule has 0 radical (unpaired) electrons. The van der Waals surface area contributed by atoms with Gasteiger partial charge in [0.25, 0.3) is 11.5 Å². The molecule has 0 aliphatic rings. The second-order valence-corrected chi connectivity index (χ2v) is 8.66. The minimum Gasteiger partial charge on any atom is -0.480 e. The molecular formula is C26H21Cl2N3O4. The van der Waals surface area contributed by atoms with Crippen LogP contribution in [0.3, 0.4) is 0 Å². The summed E-state index contributed by atoms with van der Waals surface area (Å²) in [4.78, 5) is 42.2. The van der Waals surface area contributed by atoms with Gasteiger partial charge in [-0.25, -0.2) is 4.79 Å². The maximum Gasteiger partial charge on any atom is 0.326 e. The first kappa shape index (κ1) is 24.4. The number of rotatable bonds is 7. The number of carbonyl (C=O) groups is 2. The summed E-state index contributed by atoms with van der Waals surface area (Å²) in [5.41, 5.74) is 2.26. The standard InChI is InChI=1S/C26H21Cl2N3O4/c1-2-31-13-5-7-18(25(31)33)16-11-10-15(23-17(16)6-4-12-29-23)14-21(26(34)35)30-24(32)22-19(27)8-3-9-20(22)28/h3-13,21H,2,14H2,1H3,(H,30,32)(H,34,35). The zero-order chi connectivity index (χ0) is 25.1. The van der Waals surface area contributed by atoms with E-state index in [0.717, 1.165) is 0 Å². The number of fused-ring (bicyclic) bond motifs is 1. The van der Waals surface area contributed by atoms with Crippen molar-refractivity contribution in [3.63, 3.8) is 0 Å². The lowest BCUT2D eigenvalue weighted by Crippen LogP contribution is -2.42. The third-order valence-electron chi connectivity index (χ3n) is 5.72. The van der Waals surface area contributed by atoms with Crippen LogP contribution in [0, 0.1) is 0 Å². The smallest absolute Gasteiger partial charge is 0.326 e. The van der Waals surface area contributed by atoms with E-state index in [0.29, 0.717) is 34.1 Å². The van der Waals surface area contributed by atoms with Crippen LogP contribution in [0.5, 0.6) is 0 Å². The maximum absolute atomic E-state index is 12.9. The van der Waals surface area contributed by atoms with Gasteiger partial charge in [-0.05, 0) is 48.4 Å². The lowest BCUT2D eigenvalue weighted by molar-refractivity contribution is -0.139. The number of aliphatic carboxylic acids is 1. The molecule has 2 N–H and O–H groups in total. The summed E-state index contributed by atoms with van der Waals surface area (Å²) in [5, 5.41) is 13.3. The highest BCUT2D eigenvalue weighted by Crippen LogP contribution is 2.29. The van der Waals surface area contributed by atoms with Crippen molar-refractivity contribution >= 4 is 46.0 Å². The Balaban J connectivity index is 1.72. The van der Waals surface area contributed by atoms with Crippen LogP contribution in [0.4, 0.5) is 0 Å². The van der Waals surface area contributed by atoms with Crippen molar-refractivity contribution in [3.05, 3.63) is 98.5 Å². The Hall–Kier alpha value is -3.68. The topological polar surface area (TPSA) is 101 Å². The number of hydrogen-bond acceptors (Lipinski definition) is 4. The molecule has 0 bridgehead atoms. The van der Waals surface area contributed by atoms with Crippen LogP contribution < -0.4 is 10.9 Å². The number of halogens is 2. The number of hydrogen-bond donors (Lipinski definition) is 2. The van der Waals surface area contributed by atoms with Gasteiger partial charge >= 0.3 is 5.97 Å². The summed E-state index contributed by atoms with van der Waals surface area (Å²) in [6.07, 6.45) is 3.29. The largest absolute Gasteiger partial charge is 0.480 e. The molecule has 35 heavy (non-hydrogen) atoms. The molecule has 0 saturated heterocycles. The quantitative estimate of drug-likeness (QED) is 0.372. The molecule has 0 saturated carbocycles. The molecule has 2 heterocycles. The number of pyridine rings is 2. The van der Waals surface area contributed by atoms with E-state index in [4.69, 9.17) is 23.2 Å². The van der Waals surface area contributed by atoms with Crippen molar-refractivity contribution in [3.8, 4) is 11.1 Å². The molecule has 0 aliphatic heterocycles. The number of carboxylic acid groups (broad SMARTS) is 1. The Labute approximate surface area is 211 Å². The molecule has 1 atom stereocenters. The lowest BCUT2D eigenvalue weighted by Gasteiger charge is -2.17. The van der Waals surface area contributed by atoms with Gasteiger partial charge in [0, 0.05) is 36.3 Å². The second-order valence-electron chi connectivity index (χ2n) is 7.85. The number of nitrogens with zero attached hydrogens (tertiary/aromatic N) is 2. The van der Waals surface area contributed by atoms with Crippen LogP contribution in [0.25, 0.3) is 22.0 Å². The molecule has 2 aromatic heterocycles. The van der Waals surface area contributed by atoms with E-state index in [1.165, 1.54) is 12.1 Å². The van der Waals surface area contributed by atoms with Gasteiger partial charge in [0.2, 0.25) is 0 Å². The normalized spacial score (nSPS) is 11.9. The zero-order valence-electron chi connectivity index (χ0n) is 18.7. The van der Waals surface area contributed by atoms with Gasteiger partial charge < -0.3 is 15.0 Å². The molecule has 1 amide bonds. The van der Waals surface area contributed by atoms with E-state index in [1.54, 1.807) is 47.3 Å². The fourth-order valence-electron chi connectivity index (χ4n) is 3.99. The Morgan fingerprint density at radius 2 is 1.77 bits per heavy atom. The van der Waals surface area contributed by atoms with E-state index in [-0.39, 0.29) is 27.6 Å². The summed E-state index contributed by atoms with van der Waals surface area (Å²) >= 11 is 12.2. The molecule has 2 aromatic carbocycles. The van der Waals surface area contributed by atoms with Crippen molar-refractivity contribution < 1.29 is 14.7 Å². The Kier molecular flexibility index (Phi) is 7.19. The zero-order valence-corrected chi connectivity index (χ0v) is 20.2. The summed E-state index contributed by atoms with van der Waals surface area (Å²) in [5.74, 6) is -1.91. The van der Waals surface area contributed by atoms with Crippen molar-refractivity contribution in [1.29, 1.82) is 0 Å². The second kappa shape index (κ2) is 10.3. The van der Waals surface area contributed by atoms with Crippen LogP contribution in [-0.2, 0) is 17.8 Å². The number of carboxylic acids is 1. The molecular weight excluding hydrogens is 489 g/mol. The Bertz CT molecular complexity index is 1480. The van der Waals surface area contributed by atoms with Crippen LogP contribution in [0.2, 0.25) is 10.0 Å². The predicted octanol–water partition coefficient (Wildman–Crippen LogP) is 4.82. The average molecular weight is 510 g/mol. The molecule has 4 rings (SSSR count). The number of aromatic nitrogens is 2. The van der Waals surface area contributed by atoms with E-state index < -0.39 is 17.9 Å². The number of amides is 1. The van der Waals surface area contributed by atoms with Gasteiger partial charge in [-0.1, -0.05) is 47.5 Å². The highest BCUT2D eigenvalue weighted by Gasteiger charge is 2.25. The fourth-order valence-corrected chi connectivity index (χ4v) is 4.56. The maximum atomic E-state index is 12.9. The van der Waals surface area contributed by atoms with Gasteiger partial charge in [0.05, 0.1) is 21.1 Å². The van der Waals surface area contributed by atoms with Crippen LogP contribution >= 0.6 is 23.2 Å². The Morgan fingerprint density at radius 3 is 2.46 bits per heavy atom. The minimum atomic E-state index is -1.26. The van der Waals surface area contributed by atoms with E-state index in [9.17, 15) is 19.5 Å². The van der Waals surface area contributed by atoms with Crippen LogP contribution in [0.15, 0.2) is 71.8 Å². The van der Waals surface area contributed by atoms with Crippen LogP contribution in [-0.4, -0.2) is 32.6 Å². The monoisotopic (exact) mass is 509 g/mol. The molecule has 9 heteroatoms. The van der Waals surface area contributed by atoms with E-state index in [2.05, 4.69) is 10.3 Å². The fraction of sp³-hybridized carbons (Fsp3) is 0.154. The summed E-state index contributed by atoms with van der Waals surface area (Å²) in [6.45, 7) is 2.43. The first-order valence-corrected chi connectivity index (χ1v) is 11.6. The molecule has 178 valence electrons. The number of nitrogens with one attached hydrogen (secondary N) is 1. The Morgan fingerprint density at radius 1 is 1.03 bits per heavy atom. The van der Waals surface area contributed by atoms with Crippen molar-refractivity contribution in [2.45, 2.75) is 25.9 Å². The van der Waals surface area contributed by atoms with Crippen LogP contribution in [0.1, 0.15) is 22.8 Å². The lowest BCUT2D eigenvalue weighted by atomic mass is 9.95. The van der Waals surface area contributed by atoms with Gasteiger partial charge in [-0.2, -0.15) is 0 Å². The van der Waals surface area contributed by atoms with E-state index >= 15 is 0 Å². The third-order valence-corrected chi connectivity index (χ3v) is 6.35. The number of benzene rings is 2. The molecule has 0 fully saturated rings. The predicted molar refractivity (Wildman–Crippen MR) is 136 cm³/mol. The molecule has 7 nitrogen and oxygen atoms in total. The van der Waals surface area contributed by atoms with Crippen molar-refractivity contribution in [2.24, 2.45) is 0 Å². The number of carbonyl (C=O) groups excluding carboxylic acids is 1. The van der Waals surface area contributed by atoms with Gasteiger partial charge in [-0.3, -0.25) is 14.6 Å². The molecule has 4 aromatic rings. The SMILES string of the molecule is CCn1cccc(-c2ccc(CC(NC(=O)c3c(Cl)cccc3Cl)C(=O)O)c3ncccc23)c1=O. The first-order valence-electron chi connectivity index (χ1n) is 10.9. The van der Waals surface area contributed by atoms with E-state index in [1.807, 2.05) is 19.1 Å². The minimum absolute atomic E-state index is 0.0108. The highest BCUT2D eigenvalue weighted by molar-refractivity contribution is 6.39. The van der Waals surface area contributed by atoms with Gasteiger partial charge in [0.15, 0.2) is 0 Å². The third kappa shape index (κ3) is 4.92. The highest BCUT2D eigenvalue weighted by atomic mass is 35.5. The molecule has 1 unspecified atom stereocenters. The average Bonchev–Trinajstić information content (AvgIpc) is 2.84.